The molecule has 0 radical (unpaired) electrons. The largest absolute Gasteiger partial charge is 0.379 e. The van der Waals surface area contributed by atoms with Crippen molar-refractivity contribution in [1.29, 1.82) is 0 Å². The second kappa shape index (κ2) is 6.28. The highest BCUT2D eigenvalue weighted by Gasteiger charge is 2.21. The molecule has 0 spiro atoms. The Morgan fingerprint density at radius 1 is 1.44 bits per heavy atom. The van der Waals surface area contributed by atoms with Gasteiger partial charge in [0.1, 0.15) is 0 Å². The lowest BCUT2D eigenvalue weighted by Gasteiger charge is -2.09. The van der Waals surface area contributed by atoms with E-state index in [0.29, 0.717) is 5.25 Å². The molecule has 0 saturated heterocycles. The number of benzene rings is 1. The Bertz CT molecular complexity index is 304. The molecule has 1 aliphatic heterocycles. The Morgan fingerprint density at radius 2 is 2.31 bits per heavy atom. The van der Waals surface area contributed by atoms with Gasteiger partial charge in [0, 0.05) is 16.7 Å². The molecule has 1 atom stereocenters. The molecule has 1 N–H and O–H groups in total. The fourth-order valence-electron chi connectivity index (χ4n) is 1.88. The molecular weight excluding hydrogens is 218 g/mol. The SMILES string of the molecule is CCNCCOCC1Cc2ccccc2S1. The van der Waals surface area contributed by atoms with Gasteiger partial charge < -0.3 is 10.1 Å². The van der Waals surface area contributed by atoms with Gasteiger partial charge in [-0.05, 0) is 24.6 Å². The van der Waals surface area contributed by atoms with E-state index >= 15 is 0 Å². The highest BCUT2D eigenvalue weighted by atomic mass is 32.2. The summed E-state index contributed by atoms with van der Waals surface area (Å²) in [6.45, 7) is 5.78. The van der Waals surface area contributed by atoms with Crippen molar-refractivity contribution >= 4 is 11.8 Å². The van der Waals surface area contributed by atoms with Crippen LogP contribution in [0.15, 0.2) is 29.2 Å². The summed E-state index contributed by atoms with van der Waals surface area (Å²) in [7, 11) is 0. The Labute approximate surface area is 102 Å². The van der Waals surface area contributed by atoms with Crippen LogP contribution >= 0.6 is 11.8 Å². The number of rotatable bonds is 6. The molecule has 1 unspecified atom stereocenters. The minimum absolute atomic E-state index is 0.610. The molecule has 0 saturated carbocycles. The van der Waals surface area contributed by atoms with E-state index < -0.39 is 0 Å². The first-order valence-corrected chi connectivity index (χ1v) is 6.81. The maximum atomic E-state index is 5.67. The van der Waals surface area contributed by atoms with Gasteiger partial charge in [-0.15, -0.1) is 11.8 Å². The van der Waals surface area contributed by atoms with Crippen LogP contribution in [0.3, 0.4) is 0 Å². The van der Waals surface area contributed by atoms with Crippen LogP contribution in [0.5, 0.6) is 0 Å². The first-order chi connectivity index (χ1) is 7.90. The lowest BCUT2D eigenvalue weighted by Crippen LogP contribution is -2.21. The van der Waals surface area contributed by atoms with Crippen molar-refractivity contribution in [3.05, 3.63) is 29.8 Å². The summed E-state index contributed by atoms with van der Waals surface area (Å²) in [6.07, 6.45) is 1.15. The molecule has 0 amide bonds. The molecule has 1 aromatic rings. The van der Waals surface area contributed by atoms with E-state index in [1.165, 1.54) is 10.5 Å². The molecule has 1 heterocycles. The minimum Gasteiger partial charge on any atom is -0.379 e. The summed E-state index contributed by atoms with van der Waals surface area (Å²) in [5.74, 6) is 0. The van der Waals surface area contributed by atoms with Crippen molar-refractivity contribution in [2.45, 2.75) is 23.5 Å². The Balaban J connectivity index is 1.67. The van der Waals surface area contributed by atoms with E-state index in [4.69, 9.17) is 4.74 Å². The van der Waals surface area contributed by atoms with Crippen LogP contribution in [0, 0.1) is 0 Å². The number of thioether (sulfide) groups is 1. The summed E-state index contributed by atoms with van der Waals surface area (Å²) in [5, 5.41) is 3.87. The molecule has 1 aliphatic rings. The van der Waals surface area contributed by atoms with Gasteiger partial charge in [-0.3, -0.25) is 0 Å². The van der Waals surface area contributed by atoms with Crippen LogP contribution in [0.25, 0.3) is 0 Å². The number of hydrogen-bond donors (Lipinski definition) is 1. The summed E-state index contributed by atoms with van der Waals surface area (Å²) in [6, 6.07) is 8.66. The van der Waals surface area contributed by atoms with Crippen LogP contribution in [-0.4, -0.2) is 31.6 Å². The zero-order chi connectivity index (χ0) is 11.2. The van der Waals surface area contributed by atoms with Gasteiger partial charge in [-0.1, -0.05) is 25.1 Å². The maximum absolute atomic E-state index is 5.67. The van der Waals surface area contributed by atoms with E-state index in [-0.39, 0.29) is 0 Å². The van der Waals surface area contributed by atoms with Crippen molar-refractivity contribution in [3.63, 3.8) is 0 Å². The first-order valence-electron chi connectivity index (χ1n) is 5.93. The highest BCUT2D eigenvalue weighted by molar-refractivity contribution is 8.00. The van der Waals surface area contributed by atoms with Crippen molar-refractivity contribution in [1.82, 2.24) is 5.32 Å². The number of ether oxygens (including phenoxy) is 1. The topological polar surface area (TPSA) is 21.3 Å². The Morgan fingerprint density at radius 3 is 3.12 bits per heavy atom. The molecule has 88 valence electrons. The molecule has 2 nitrogen and oxygen atoms in total. The number of nitrogens with one attached hydrogen (secondary N) is 1. The zero-order valence-electron chi connectivity index (χ0n) is 9.74. The van der Waals surface area contributed by atoms with Crippen LogP contribution in [0.4, 0.5) is 0 Å². The molecule has 16 heavy (non-hydrogen) atoms. The monoisotopic (exact) mass is 237 g/mol. The maximum Gasteiger partial charge on any atom is 0.0592 e. The number of hydrogen-bond acceptors (Lipinski definition) is 3. The highest BCUT2D eigenvalue weighted by Crippen LogP contribution is 2.36. The Hall–Kier alpha value is -0.510. The summed E-state index contributed by atoms with van der Waals surface area (Å²) in [5.41, 5.74) is 1.48. The molecule has 3 heteroatoms. The van der Waals surface area contributed by atoms with Gasteiger partial charge in [0.05, 0.1) is 13.2 Å². The zero-order valence-corrected chi connectivity index (χ0v) is 10.6. The quantitative estimate of drug-likeness (QED) is 0.767. The summed E-state index contributed by atoms with van der Waals surface area (Å²) < 4.78 is 5.67. The third-order valence-corrected chi connectivity index (χ3v) is 3.98. The summed E-state index contributed by atoms with van der Waals surface area (Å²) in [4.78, 5) is 1.43. The standard InChI is InChI=1S/C13H19NOS/c1-2-14-7-8-15-10-12-9-11-5-3-4-6-13(11)16-12/h3-6,12,14H,2,7-10H2,1H3. The molecule has 0 aromatic heterocycles. The minimum atomic E-state index is 0.610. The molecule has 0 fully saturated rings. The van der Waals surface area contributed by atoms with Gasteiger partial charge in [-0.2, -0.15) is 0 Å². The van der Waals surface area contributed by atoms with Gasteiger partial charge >= 0.3 is 0 Å². The molecule has 2 rings (SSSR count). The fraction of sp³-hybridized carbons (Fsp3) is 0.538. The average Bonchev–Trinajstić information content (AvgIpc) is 2.71. The van der Waals surface area contributed by atoms with Crippen molar-refractivity contribution in [2.24, 2.45) is 0 Å². The lowest BCUT2D eigenvalue weighted by molar-refractivity contribution is 0.138. The van der Waals surface area contributed by atoms with Crippen LogP contribution in [0.1, 0.15) is 12.5 Å². The van der Waals surface area contributed by atoms with E-state index in [1.807, 2.05) is 11.8 Å². The molecular formula is C13H19NOS. The smallest absolute Gasteiger partial charge is 0.0592 e. The third kappa shape index (κ3) is 3.24. The van der Waals surface area contributed by atoms with E-state index in [1.54, 1.807) is 0 Å². The van der Waals surface area contributed by atoms with Crippen LogP contribution < -0.4 is 5.32 Å². The molecule has 0 aliphatic carbocycles. The van der Waals surface area contributed by atoms with Crippen LogP contribution in [0.2, 0.25) is 0 Å². The number of likely N-dealkylation sites (N-methyl/N-ethyl adjacent to an activating group) is 1. The average molecular weight is 237 g/mol. The fourth-order valence-corrected chi connectivity index (χ4v) is 3.13. The van der Waals surface area contributed by atoms with E-state index in [9.17, 15) is 0 Å². The Kier molecular flexibility index (Phi) is 4.69. The van der Waals surface area contributed by atoms with Crippen molar-refractivity contribution in [3.8, 4) is 0 Å². The first kappa shape index (κ1) is 12.0. The predicted octanol–water partition coefficient (Wildman–Crippen LogP) is 2.33. The van der Waals surface area contributed by atoms with E-state index in [2.05, 4.69) is 36.5 Å². The third-order valence-electron chi connectivity index (χ3n) is 2.69. The molecule has 1 aromatic carbocycles. The second-order valence-corrected chi connectivity index (χ2v) is 5.32. The molecule has 0 bridgehead atoms. The number of fused-ring (bicyclic) bond motifs is 1. The van der Waals surface area contributed by atoms with Gasteiger partial charge in [0.15, 0.2) is 0 Å². The summed E-state index contributed by atoms with van der Waals surface area (Å²) >= 11 is 1.95. The van der Waals surface area contributed by atoms with Crippen molar-refractivity contribution < 1.29 is 4.74 Å². The van der Waals surface area contributed by atoms with Gasteiger partial charge in [0.2, 0.25) is 0 Å². The van der Waals surface area contributed by atoms with Gasteiger partial charge in [-0.25, -0.2) is 0 Å². The van der Waals surface area contributed by atoms with Gasteiger partial charge in [0.25, 0.3) is 0 Å². The predicted molar refractivity (Wildman–Crippen MR) is 69.2 cm³/mol. The normalized spacial score (nSPS) is 18.7. The second-order valence-electron chi connectivity index (χ2n) is 3.98. The lowest BCUT2D eigenvalue weighted by atomic mass is 10.1. The van der Waals surface area contributed by atoms with E-state index in [0.717, 1.165) is 32.7 Å². The van der Waals surface area contributed by atoms with Crippen LogP contribution in [-0.2, 0) is 11.2 Å². The van der Waals surface area contributed by atoms with Crippen molar-refractivity contribution in [2.75, 3.05) is 26.3 Å².